The van der Waals surface area contributed by atoms with Crippen molar-refractivity contribution >= 4 is 11.4 Å². The number of hydrogen-bond donors (Lipinski definition) is 2. The fourth-order valence-electron chi connectivity index (χ4n) is 2.28. The summed E-state index contributed by atoms with van der Waals surface area (Å²) in [6.07, 6.45) is 1.10. The first-order valence-corrected chi connectivity index (χ1v) is 5.13. The molecule has 0 aromatic heterocycles. The summed E-state index contributed by atoms with van der Waals surface area (Å²) in [5.41, 5.74) is 2.39. The number of rotatable bonds is 0. The number of allylic oxidation sites excluding steroid dienone is 2. The monoisotopic (exact) mass is 214 g/mol. The Kier molecular flexibility index (Phi) is 1.87. The smallest absolute Gasteiger partial charge is 0.194 e. The Hall–Kier alpha value is -1.71. The van der Waals surface area contributed by atoms with Crippen LogP contribution in [0.25, 0.3) is 5.57 Å². The summed E-state index contributed by atoms with van der Waals surface area (Å²) in [5.74, 6) is -0.0761. The van der Waals surface area contributed by atoms with E-state index in [1.807, 2.05) is 6.07 Å². The van der Waals surface area contributed by atoms with Crippen LogP contribution in [0.5, 0.6) is 0 Å². The van der Waals surface area contributed by atoms with Gasteiger partial charge in [-0.3, -0.25) is 4.79 Å². The van der Waals surface area contributed by atoms with Gasteiger partial charge in [0, 0.05) is 16.7 Å². The summed E-state index contributed by atoms with van der Waals surface area (Å²) >= 11 is 0. The van der Waals surface area contributed by atoms with Crippen molar-refractivity contribution in [2.45, 2.75) is 12.2 Å². The summed E-state index contributed by atoms with van der Waals surface area (Å²) in [4.78, 5) is 12.0. The van der Waals surface area contributed by atoms with E-state index in [-0.39, 0.29) is 5.78 Å². The van der Waals surface area contributed by atoms with E-state index in [9.17, 15) is 15.0 Å². The Morgan fingerprint density at radius 1 is 1.06 bits per heavy atom. The van der Waals surface area contributed by atoms with Crippen molar-refractivity contribution < 1.29 is 15.0 Å². The van der Waals surface area contributed by atoms with Crippen molar-refractivity contribution in [1.29, 1.82) is 0 Å². The highest BCUT2D eigenvalue weighted by atomic mass is 16.3. The normalized spacial score (nSPS) is 27.0. The minimum absolute atomic E-state index is 0.0761. The van der Waals surface area contributed by atoms with Crippen molar-refractivity contribution in [1.82, 2.24) is 0 Å². The number of Topliss-reactive ketones (excluding diaryl/α,β-unsaturated/α-hetero) is 1. The molecule has 3 nitrogen and oxygen atoms in total. The van der Waals surface area contributed by atoms with Crippen LogP contribution in [0, 0.1) is 0 Å². The third kappa shape index (κ3) is 1.07. The molecule has 0 saturated carbocycles. The predicted molar refractivity (Wildman–Crippen MR) is 58.8 cm³/mol. The molecular weight excluding hydrogens is 204 g/mol. The number of aliphatic hydroxyl groups is 2. The fraction of sp³-hybridized carbons (Fsp3) is 0.154. The van der Waals surface area contributed by atoms with Crippen LogP contribution in [0.3, 0.4) is 0 Å². The largest absolute Gasteiger partial charge is 0.386 e. The molecule has 0 saturated heterocycles. The molecule has 0 aliphatic heterocycles. The molecular formula is C13H10O3. The number of ketones is 1. The lowest BCUT2D eigenvalue weighted by Gasteiger charge is -2.21. The van der Waals surface area contributed by atoms with E-state index in [2.05, 4.69) is 0 Å². The minimum atomic E-state index is -1.01. The minimum Gasteiger partial charge on any atom is -0.386 e. The lowest BCUT2D eigenvalue weighted by atomic mass is 9.92. The summed E-state index contributed by atoms with van der Waals surface area (Å²) in [6, 6.07) is 7.15. The molecule has 2 aliphatic rings. The summed E-state index contributed by atoms with van der Waals surface area (Å²) in [5, 5.41) is 19.5. The van der Waals surface area contributed by atoms with Crippen molar-refractivity contribution in [3.63, 3.8) is 0 Å². The molecule has 1 aromatic rings. The van der Waals surface area contributed by atoms with Crippen molar-refractivity contribution in [2.75, 3.05) is 0 Å². The molecule has 16 heavy (non-hydrogen) atoms. The van der Waals surface area contributed by atoms with Crippen molar-refractivity contribution in [3.05, 3.63) is 53.1 Å². The zero-order chi connectivity index (χ0) is 11.3. The number of carbonyl (C=O) groups excluding carboxylic acids is 1. The molecule has 2 N–H and O–H groups in total. The van der Waals surface area contributed by atoms with E-state index in [4.69, 9.17) is 0 Å². The summed E-state index contributed by atoms with van der Waals surface area (Å²) in [6.45, 7) is 0. The van der Waals surface area contributed by atoms with Gasteiger partial charge in [0.15, 0.2) is 5.78 Å². The first-order chi connectivity index (χ1) is 7.70. The molecule has 80 valence electrons. The average molecular weight is 214 g/mol. The fourth-order valence-corrected chi connectivity index (χ4v) is 2.28. The standard InChI is InChI=1S/C13H10O3/c14-10-6-5-9-11(13(10)16)7-3-1-2-4-8(7)12(9)15/h1-6,10,13-14,16H/t10-,13-/m0/s1. The lowest BCUT2D eigenvalue weighted by molar-refractivity contribution is 0.0850. The Morgan fingerprint density at radius 3 is 2.50 bits per heavy atom. The third-order valence-corrected chi connectivity index (χ3v) is 3.08. The van der Waals surface area contributed by atoms with E-state index in [1.165, 1.54) is 6.08 Å². The number of fused-ring (bicyclic) bond motifs is 2. The van der Waals surface area contributed by atoms with Gasteiger partial charge in [-0.25, -0.2) is 0 Å². The molecule has 1 aromatic carbocycles. The van der Waals surface area contributed by atoms with Crippen LogP contribution in [0.15, 0.2) is 42.0 Å². The van der Waals surface area contributed by atoms with Crippen LogP contribution in [0.1, 0.15) is 15.9 Å². The molecule has 0 heterocycles. The molecule has 0 fully saturated rings. The van der Waals surface area contributed by atoms with Gasteiger partial charge in [-0.05, 0) is 5.56 Å². The molecule has 3 heteroatoms. The second-order valence-electron chi connectivity index (χ2n) is 4.00. The van der Waals surface area contributed by atoms with Gasteiger partial charge in [-0.2, -0.15) is 0 Å². The molecule has 0 unspecified atom stereocenters. The van der Waals surface area contributed by atoms with E-state index in [0.717, 1.165) is 5.56 Å². The molecule has 2 aliphatic carbocycles. The summed E-state index contributed by atoms with van der Waals surface area (Å²) < 4.78 is 0. The Morgan fingerprint density at radius 2 is 1.75 bits per heavy atom. The maximum absolute atomic E-state index is 12.0. The SMILES string of the molecule is O=C1C2=C(c3ccccc31)[C@@H](O)[C@@H](O)C=C2. The Labute approximate surface area is 92.3 Å². The quantitative estimate of drug-likeness (QED) is 0.675. The molecule has 0 spiro atoms. The number of hydrogen-bond acceptors (Lipinski definition) is 3. The van der Waals surface area contributed by atoms with E-state index < -0.39 is 12.2 Å². The highest BCUT2D eigenvalue weighted by Gasteiger charge is 2.36. The van der Waals surface area contributed by atoms with Crippen LogP contribution in [0.4, 0.5) is 0 Å². The maximum atomic E-state index is 12.0. The molecule has 3 rings (SSSR count). The van der Waals surface area contributed by atoms with E-state index in [1.54, 1.807) is 24.3 Å². The van der Waals surface area contributed by atoms with E-state index >= 15 is 0 Å². The first kappa shape index (κ1) is 9.51. The average Bonchev–Trinajstić information content (AvgIpc) is 2.59. The van der Waals surface area contributed by atoms with Crippen LogP contribution in [0.2, 0.25) is 0 Å². The second kappa shape index (κ2) is 3.14. The molecule has 0 bridgehead atoms. The zero-order valence-electron chi connectivity index (χ0n) is 8.42. The van der Waals surface area contributed by atoms with Gasteiger partial charge in [0.2, 0.25) is 0 Å². The Balaban J connectivity index is 2.25. The number of aliphatic hydroxyl groups excluding tert-OH is 2. The van der Waals surface area contributed by atoms with Gasteiger partial charge in [0.25, 0.3) is 0 Å². The number of carbonyl (C=O) groups is 1. The van der Waals surface area contributed by atoms with Gasteiger partial charge in [0.05, 0.1) is 0 Å². The van der Waals surface area contributed by atoms with Crippen molar-refractivity contribution in [2.24, 2.45) is 0 Å². The van der Waals surface area contributed by atoms with E-state index in [0.29, 0.717) is 16.7 Å². The van der Waals surface area contributed by atoms with Crippen LogP contribution < -0.4 is 0 Å². The highest BCUT2D eigenvalue weighted by molar-refractivity contribution is 6.23. The van der Waals surface area contributed by atoms with Crippen LogP contribution in [-0.2, 0) is 0 Å². The first-order valence-electron chi connectivity index (χ1n) is 5.13. The van der Waals surface area contributed by atoms with Gasteiger partial charge in [0.1, 0.15) is 12.2 Å². The number of benzene rings is 1. The van der Waals surface area contributed by atoms with Gasteiger partial charge >= 0.3 is 0 Å². The van der Waals surface area contributed by atoms with Crippen LogP contribution >= 0.6 is 0 Å². The highest BCUT2D eigenvalue weighted by Crippen LogP contribution is 2.38. The van der Waals surface area contributed by atoms with Crippen LogP contribution in [-0.4, -0.2) is 28.2 Å². The molecule has 2 atom stereocenters. The predicted octanol–water partition coefficient (Wildman–Crippen LogP) is 0.928. The topological polar surface area (TPSA) is 57.5 Å². The van der Waals surface area contributed by atoms with Gasteiger partial charge < -0.3 is 10.2 Å². The van der Waals surface area contributed by atoms with Gasteiger partial charge in [-0.1, -0.05) is 36.4 Å². The lowest BCUT2D eigenvalue weighted by Crippen LogP contribution is -2.27. The molecule has 0 amide bonds. The Bertz CT molecular complexity index is 540. The summed E-state index contributed by atoms with van der Waals surface area (Å²) in [7, 11) is 0. The van der Waals surface area contributed by atoms with Crippen molar-refractivity contribution in [3.8, 4) is 0 Å². The van der Waals surface area contributed by atoms with Gasteiger partial charge in [-0.15, -0.1) is 0 Å². The maximum Gasteiger partial charge on any atom is 0.194 e. The second-order valence-corrected chi connectivity index (χ2v) is 4.00. The zero-order valence-corrected chi connectivity index (χ0v) is 8.42. The third-order valence-electron chi connectivity index (χ3n) is 3.08. The molecule has 0 radical (unpaired) electrons.